The minimum atomic E-state index is -0.978. The van der Waals surface area contributed by atoms with Gasteiger partial charge in [0.05, 0.1) is 5.92 Å². The fourth-order valence-corrected chi connectivity index (χ4v) is 1.89. The summed E-state index contributed by atoms with van der Waals surface area (Å²) < 4.78 is 0. The van der Waals surface area contributed by atoms with Crippen molar-refractivity contribution in [2.24, 2.45) is 5.92 Å². The van der Waals surface area contributed by atoms with Crippen molar-refractivity contribution in [2.75, 3.05) is 0 Å². The van der Waals surface area contributed by atoms with Crippen LogP contribution in [0.1, 0.15) is 43.7 Å². The average Bonchev–Trinajstić information content (AvgIpc) is 2.24. The van der Waals surface area contributed by atoms with Crippen molar-refractivity contribution in [3.05, 3.63) is 23.3 Å². The second-order valence-corrected chi connectivity index (χ2v) is 5.06. The summed E-state index contributed by atoms with van der Waals surface area (Å²) in [5, 5.41) is 28.7. The van der Waals surface area contributed by atoms with Crippen molar-refractivity contribution in [1.82, 2.24) is 0 Å². The minimum Gasteiger partial charge on any atom is -0.508 e. The van der Waals surface area contributed by atoms with Gasteiger partial charge in [-0.3, -0.25) is 4.79 Å². The summed E-state index contributed by atoms with van der Waals surface area (Å²) in [5.74, 6) is -1.42. The molecule has 1 aromatic rings. The number of carboxylic acids is 1. The molecule has 4 nitrogen and oxygen atoms in total. The highest BCUT2D eigenvalue weighted by Gasteiger charge is 2.24. The molecule has 0 bridgehead atoms. The summed E-state index contributed by atoms with van der Waals surface area (Å²) >= 11 is 0. The first-order chi connectivity index (χ1) is 8.32. The summed E-state index contributed by atoms with van der Waals surface area (Å²) in [4.78, 5) is 11.3. The Morgan fingerprint density at radius 1 is 1.17 bits per heavy atom. The zero-order valence-electron chi connectivity index (χ0n) is 11.0. The molecule has 1 unspecified atom stereocenters. The molecule has 0 aliphatic carbocycles. The maximum absolute atomic E-state index is 11.3. The smallest absolute Gasteiger partial charge is 0.311 e. The highest BCUT2D eigenvalue weighted by atomic mass is 16.4. The zero-order chi connectivity index (χ0) is 13.9. The SMILES string of the molecule is Cc1cc(O)c(C(CCC(C)C)C(=O)O)cc1O. The van der Waals surface area contributed by atoms with Gasteiger partial charge < -0.3 is 15.3 Å². The van der Waals surface area contributed by atoms with Crippen LogP contribution in [0.4, 0.5) is 0 Å². The van der Waals surface area contributed by atoms with Crippen LogP contribution in [-0.4, -0.2) is 21.3 Å². The van der Waals surface area contributed by atoms with E-state index in [0.717, 1.165) is 6.42 Å². The van der Waals surface area contributed by atoms with Crippen molar-refractivity contribution in [3.8, 4) is 11.5 Å². The minimum absolute atomic E-state index is 0.0126. The van der Waals surface area contributed by atoms with Crippen LogP contribution < -0.4 is 0 Å². The highest BCUT2D eigenvalue weighted by Crippen LogP contribution is 2.35. The van der Waals surface area contributed by atoms with Crippen LogP contribution in [-0.2, 0) is 4.79 Å². The van der Waals surface area contributed by atoms with Crippen molar-refractivity contribution >= 4 is 5.97 Å². The molecule has 0 aromatic heterocycles. The first kappa shape index (κ1) is 14.4. The summed E-state index contributed by atoms with van der Waals surface area (Å²) in [6.45, 7) is 5.69. The summed E-state index contributed by atoms with van der Waals surface area (Å²) in [5.41, 5.74) is 0.815. The Morgan fingerprint density at radius 2 is 1.78 bits per heavy atom. The zero-order valence-corrected chi connectivity index (χ0v) is 11.0. The number of rotatable bonds is 5. The quantitative estimate of drug-likeness (QED) is 0.704. The van der Waals surface area contributed by atoms with Crippen LogP contribution in [0.25, 0.3) is 0 Å². The van der Waals surface area contributed by atoms with Crippen LogP contribution in [0, 0.1) is 12.8 Å². The van der Waals surface area contributed by atoms with E-state index >= 15 is 0 Å². The molecule has 0 heterocycles. The van der Waals surface area contributed by atoms with Gasteiger partial charge in [-0.2, -0.15) is 0 Å². The van der Waals surface area contributed by atoms with Gasteiger partial charge in [0.1, 0.15) is 11.5 Å². The number of aliphatic carboxylic acids is 1. The van der Waals surface area contributed by atoms with Crippen molar-refractivity contribution in [3.63, 3.8) is 0 Å². The van der Waals surface area contributed by atoms with Crippen LogP contribution >= 0.6 is 0 Å². The summed E-state index contributed by atoms with van der Waals surface area (Å²) in [6, 6.07) is 2.75. The predicted octanol–water partition coefficient (Wildman–Crippen LogP) is 3.01. The van der Waals surface area contributed by atoms with E-state index in [2.05, 4.69) is 0 Å². The van der Waals surface area contributed by atoms with Gasteiger partial charge in [-0.1, -0.05) is 13.8 Å². The molecule has 0 saturated carbocycles. The number of carboxylic acid groups (broad SMARTS) is 1. The number of benzene rings is 1. The van der Waals surface area contributed by atoms with Gasteiger partial charge in [-0.15, -0.1) is 0 Å². The topological polar surface area (TPSA) is 77.8 Å². The summed E-state index contributed by atoms with van der Waals surface area (Å²) in [6.07, 6.45) is 1.20. The molecule has 100 valence electrons. The average molecular weight is 252 g/mol. The Morgan fingerprint density at radius 3 is 2.28 bits per heavy atom. The van der Waals surface area contributed by atoms with E-state index in [1.165, 1.54) is 12.1 Å². The molecule has 18 heavy (non-hydrogen) atoms. The number of carbonyl (C=O) groups is 1. The van der Waals surface area contributed by atoms with Gasteiger partial charge in [0.25, 0.3) is 0 Å². The number of phenolic OH excluding ortho intramolecular Hbond substituents is 2. The lowest BCUT2D eigenvalue weighted by molar-refractivity contribution is -0.139. The van der Waals surface area contributed by atoms with E-state index in [1.54, 1.807) is 6.92 Å². The molecule has 0 aliphatic rings. The third-order valence-corrected chi connectivity index (χ3v) is 3.05. The number of hydrogen-bond acceptors (Lipinski definition) is 3. The molecule has 4 heteroatoms. The summed E-state index contributed by atoms with van der Waals surface area (Å²) in [7, 11) is 0. The van der Waals surface area contributed by atoms with Crippen LogP contribution in [0.3, 0.4) is 0 Å². The highest BCUT2D eigenvalue weighted by molar-refractivity contribution is 5.77. The largest absolute Gasteiger partial charge is 0.508 e. The molecule has 0 spiro atoms. The van der Waals surface area contributed by atoms with Gasteiger partial charge in [0, 0.05) is 5.56 Å². The van der Waals surface area contributed by atoms with E-state index in [-0.39, 0.29) is 17.1 Å². The van der Waals surface area contributed by atoms with Crippen molar-refractivity contribution in [2.45, 2.75) is 39.5 Å². The predicted molar refractivity (Wildman–Crippen MR) is 69.0 cm³/mol. The molecule has 1 atom stereocenters. The van der Waals surface area contributed by atoms with Crippen molar-refractivity contribution in [1.29, 1.82) is 0 Å². The van der Waals surface area contributed by atoms with Gasteiger partial charge >= 0.3 is 5.97 Å². The van der Waals surface area contributed by atoms with Crippen molar-refractivity contribution < 1.29 is 20.1 Å². The molecule has 3 N–H and O–H groups in total. The van der Waals surface area contributed by atoms with E-state index in [9.17, 15) is 20.1 Å². The fourth-order valence-electron chi connectivity index (χ4n) is 1.89. The van der Waals surface area contributed by atoms with Gasteiger partial charge in [0.2, 0.25) is 0 Å². The first-order valence-electron chi connectivity index (χ1n) is 6.08. The normalized spacial score (nSPS) is 12.7. The molecule has 1 aromatic carbocycles. The lowest BCUT2D eigenvalue weighted by Crippen LogP contribution is -2.13. The Labute approximate surface area is 107 Å². The van der Waals surface area contributed by atoms with E-state index in [1.807, 2.05) is 13.8 Å². The van der Waals surface area contributed by atoms with Gasteiger partial charge in [-0.25, -0.2) is 0 Å². The molecule has 0 fully saturated rings. The van der Waals surface area contributed by atoms with Crippen LogP contribution in [0.2, 0.25) is 0 Å². The van der Waals surface area contributed by atoms with Gasteiger partial charge in [-0.05, 0) is 43.4 Å². The fraction of sp³-hybridized carbons (Fsp3) is 0.500. The molecule has 1 rings (SSSR count). The first-order valence-corrected chi connectivity index (χ1v) is 6.08. The molecule has 0 radical (unpaired) electrons. The second kappa shape index (κ2) is 5.76. The Kier molecular flexibility index (Phi) is 4.59. The lowest BCUT2D eigenvalue weighted by atomic mass is 9.90. The van der Waals surface area contributed by atoms with Crippen LogP contribution in [0.5, 0.6) is 11.5 Å². The van der Waals surface area contributed by atoms with Crippen LogP contribution in [0.15, 0.2) is 12.1 Å². The maximum Gasteiger partial charge on any atom is 0.311 e. The number of aromatic hydroxyl groups is 2. The Bertz CT molecular complexity index is 438. The maximum atomic E-state index is 11.3. The lowest BCUT2D eigenvalue weighted by Gasteiger charge is -2.16. The van der Waals surface area contributed by atoms with Gasteiger partial charge in [0.15, 0.2) is 0 Å². The number of hydrogen-bond donors (Lipinski definition) is 3. The second-order valence-electron chi connectivity index (χ2n) is 5.06. The standard InChI is InChI=1S/C14H20O4/c1-8(2)4-5-10(14(17)18)11-7-12(15)9(3)6-13(11)16/h6-8,10,15-16H,4-5H2,1-3H3,(H,17,18). The molecule has 0 amide bonds. The molecular weight excluding hydrogens is 232 g/mol. The van der Waals surface area contributed by atoms with E-state index in [4.69, 9.17) is 0 Å². The molecular formula is C14H20O4. The number of phenols is 2. The third kappa shape index (κ3) is 3.39. The monoisotopic (exact) mass is 252 g/mol. The molecule has 0 saturated heterocycles. The van der Waals surface area contributed by atoms with E-state index < -0.39 is 11.9 Å². The van der Waals surface area contributed by atoms with E-state index in [0.29, 0.717) is 17.9 Å². The Balaban J connectivity index is 3.06. The molecule has 0 aliphatic heterocycles. The number of aryl methyl sites for hydroxylation is 1. The third-order valence-electron chi connectivity index (χ3n) is 3.05. The Hall–Kier alpha value is -1.71.